The maximum atomic E-state index is 12.7. The molecule has 23 heteroatoms. The fraction of sp³-hybridized carbons (Fsp3) is 0.476. The fourth-order valence-electron chi connectivity index (χ4n) is 4.76. The lowest BCUT2D eigenvalue weighted by Gasteiger charge is -2.23. The molecule has 0 aromatic carbocycles. The first-order chi connectivity index (χ1) is 20.7. The number of rotatable bonds is 11. The highest BCUT2D eigenvalue weighted by Crippen LogP contribution is 2.62. The average Bonchev–Trinajstić information content (AvgIpc) is 3.61. The summed E-state index contributed by atoms with van der Waals surface area (Å²) in [6, 6.07) is 4.70. The number of ether oxygens (including phenoxy) is 2. The molecule has 2 fully saturated rings. The summed E-state index contributed by atoms with van der Waals surface area (Å²) in [5, 5.41) is 41.6. The monoisotopic (exact) mass is 680 g/mol. The van der Waals surface area contributed by atoms with Gasteiger partial charge in [0.2, 0.25) is 5.69 Å². The van der Waals surface area contributed by atoms with Crippen molar-refractivity contribution in [2.45, 2.75) is 49.1 Å². The van der Waals surface area contributed by atoms with E-state index in [0.29, 0.717) is 0 Å². The second kappa shape index (κ2) is 12.7. The van der Waals surface area contributed by atoms with Gasteiger partial charge in [-0.25, -0.2) is 24.1 Å². The molecule has 0 amide bonds. The molecule has 0 saturated carbocycles. The summed E-state index contributed by atoms with van der Waals surface area (Å²) >= 11 is 5.00. The van der Waals surface area contributed by atoms with Crippen LogP contribution in [0.5, 0.6) is 0 Å². The molecule has 2 aliphatic heterocycles. The minimum absolute atomic E-state index is 0.0523. The third-order valence-electron chi connectivity index (χ3n) is 6.77. The SMILES string of the molecule is NC(=S)c1cccc[n+]1[C@@H]1O[C@H](CO)[C@@H](OP(=O)(O)OP(=O)(O)OC[C@H]2O[C@@H](n3cnc4c(N)ncnc43)[C@H](O)[C@@H]2O)[C@H]1O. The molecule has 10 N–H and O–H groups in total. The molecule has 44 heavy (non-hydrogen) atoms. The van der Waals surface area contributed by atoms with Crippen LogP contribution in [0.2, 0.25) is 0 Å². The van der Waals surface area contributed by atoms with E-state index in [1.165, 1.54) is 27.7 Å². The van der Waals surface area contributed by atoms with Gasteiger partial charge >= 0.3 is 15.6 Å². The summed E-state index contributed by atoms with van der Waals surface area (Å²) in [6.45, 7) is -1.71. The van der Waals surface area contributed by atoms with E-state index in [1.54, 1.807) is 12.1 Å². The predicted octanol–water partition coefficient (Wildman–Crippen LogP) is -2.48. The molecule has 20 nitrogen and oxygen atoms in total. The maximum absolute atomic E-state index is 12.7. The van der Waals surface area contributed by atoms with E-state index in [0.717, 1.165) is 6.33 Å². The lowest BCUT2D eigenvalue weighted by molar-refractivity contribution is -0.766. The summed E-state index contributed by atoms with van der Waals surface area (Å²) in [7, 11) is -10.9. The summed E-state index contributed by atoms with van der Waals surface area (Å²) in [5.74, 6) is 0.0523. The fourth-order valence-corrected chi connectivity index (χ4v) is 7.22. The van der Waals surface area contributed by atoms with Gasteiger partial charge in [-0.15, -0.1) is 0 Å². The molecule has 0 radical (unpaired) electrons. The number of aromatic nitrogens is 5. The number of pyridine rings is 1. The first kappa shape index (κ1) is 32.8. The maximum Gasteiger partial charge on any atom is 0.481 e. The standard InChI is InChI=1S/C21H27N7O13P2S/c22-17-12-19(25-7-24-17)28(8-26-12)20-14(31)13(30)11(39-20)6-37-42(33,34)41-43(35,36)40-16-10(5-29)38-21(15(16)32)27-4-2-1-3-9(27)18(23)44/h1-4,7-8,10-11,13-16,20-21,29-32H,5-6H2,(H5-,22,23,24,25,33,34,35,36,44)/p+1/t10-,11-,13-,14-,15-,16-,20-,21-/m1/s1. The normalized spacial score (nSPS) is 31.6. The van der Waals surface area contributed by atoms with Crippen LogP contribution in [-0.4, -0.2) is 105 Å². The van der Waals surface area contributed by atoms with Gasteiger partial charge < -0.3 is 51.2 Å². The van der Waals surface area contributed by atoms with Crippen LogP contribution in [0.15, 0.2) is 37.1 Å². The van der Waals surface area contributed by atoms with Gasteiger partial charge in [-0.1, -0.05) is 12.2 Å². The Kier molecular flexibility index (Phi) is 9.44. The number of anilines is 1. The van der Waals surface area contributed by atoms with Crippen LogP contribution < -0.4 is 16.0 Å². The number of fused-ring (bicyclic) bond motifs is 1. The smallest absolute Gasteiger partial charge is 0.394 e. The number of hydrogen-bond acceptors (Lipinski definition) is 16. The van der Waals surface area contributed by atoms with Gasteiger partial charge in [-0.05, 0) is 6.07 Å². The van der Waals surface area contributed by atoms with E-state index >= 15 is 0 Å². The van der Waals surface area contributed by atoms with Crippen LogP contribution >= 0.6 is 27.9 Å². The highest BCUT2D eigenvalue weighted by molar-refractivity contribution is 7.80. The van der Waals surface area contributed by atoms with Crippen LogP contribution in [-0.2, 0) is 32.0 Å². The van der Waals surface area contributed by atoms with E-state index in [2.05, 4.69) is 19.3 Å². The molecule has 2 aliphatic rings. The molecule has 3 aromatic rings. The van der Waals surface area contributed by atoms with Crippen molar-refractivity contribution >= 4 is 49.8 Å². The van der Waals surface area contributed by atoms with E-state index < -0.39 is 77.9 Å². The largest absolute Gasteiger partial charge is 0.481 e. The molecule has 2 unspecified atom stereocenters. The van der Waals surface area contributed by atoms with Gasteiger partial charge in [0, 0.05) is 12.1 Å². The Morgan fingerprint density at radius 1 is 1.07 bits per heavy atom. The Bertz CT molecular complexity index is 1630. The van der Waals surface area contributed by atoms with E-state index in [1.807, 2.05) is 0 Å². The second-order valence-corrected chi connectivity index (χ2v) is 13.0. The quantitative estimate of drug-likeness (QED) is 0.0590. The van der Waals surface area contributed by atoms with Crippen molar-refractivity contribution in [2.75, 3.05) is 18.9 Å². The van der Waals surface area contributed by atoms with Crippen molar-refractivity contribution in [1.82, 2.24) is 19.5 Å². The highest BCUT2D eigenvalue weighted by atomic mass is 32.1. The molecule has 3 aromatic heterocycles. The molecule has 0 bridgehead atoms. The zero-order valence-corrected chi connectivity index (χ0v) is 24.8. The molecular weight excluding hydrogens is 652 g/mol. The number of phosphoric ester groups is 2. The van der Waals surface area contributed by atoms with Crippen LogP contribution in [0.25, 0.3) is 11.2 Å². The van der Waals surface area contributed by atoms with E-state index in [4.69, 9.17) is 42.2 Å². The van der Waals surface area contributed by atoms with Crippen LogP contribution in [0, 0.1) is 0 Å². The van der Waals surface area contributed by atoms with Crippen LogP contribution in [0.4, 0.5) is 5.82 Å². The first-order valence-electron chi connectivity index (χ1n) is 12.6. The van der Waals surface area contributed by atoms with E-state index in [9.17, 15) is 39.3 Å². The number of nitrogen functional groups attached to an aromatic ring is 1. The van der Waals surface area contributed by atoms with Gasteiger partial charge in [-0.3, -0.25) is 13.6 Å². The van der Waals surface area contributed by atoms with Crippen LogP contribution in [0.3, 0.4) is 0 Å². The average molecular weight is 681 g/mol. The van der Waals surface area contributed by atoms with Crippen molar-refractivity contribution in [3.63, 3.8) is 0 Å². The highest BCUT2D eigenvalue weighted by Gasteiger charge is 2.54. The molecule has 0 aliphatic carbocycles. The van der Waals surface area contributed by atoms with Gasteiger partial charge in [0.25, 0.3) is 6.23 Å². The van der Waals surface area contributed by atoms with Crippen molar-refractivity contribution < 1.29 is 66.7 Å². The first-order valence-corrected chi connectivity index (χ1v) is 16.0. The molecule has 10 atom stereocenters. The zero-order valence-electron chi connectivity index (χ0n) is 22.2. The Morgan fingerprint density at radius 3 is 2.52 bits per heavy atom. The molecule has 240 valence electrons. The number of aliphatic hydroxyl groups excluding tert-OH is 4. The predicted molar refractivity (Wildman–Crippen MR) is 147 cm³/mol. The number of aliphatic hydroxyl groups is 4. The third kappa shape index (κ3) is 6.52. The van der Waals surface area contributed by atoms with Gasteiger partial charge in [-0.2, -0.15) is 8.88 Å². The Labute approximate surface area is 252 Å². The number of nitrogens with zero attached hydrogens (tertiary/aromatic N) is 5. The number of thiocarbonyl (C=S) groups is 1. The number of nitrogens with two attached hydrogens (primary N) is 2. The summed E-state index contributed by atoms with van der Waals surface area (Å²) in [5.41, 5.74) is 12.1. The summed E-state index contributed by atoms with van der Waals surface area (Å²) in [4.78, 5) is 32.2. The number of hydrogen-bond donors (Lipinski definition) is 8. The molecule has 0 spiro atoms. The molecular formula is C21H28N7O13P2S+. The molecule has 5 rings (SSSR count). The van der Waals surface area contributed by atoms with Crippen molar-refractivity contribution in [3.05, 3.63) is 42.7 Å². The Balaban J connectivity index is 1.23. The minimum Gasteiger partial charge on any atom is -0.394 e. The van der Waals surface area contributed by atoms with E-state index in [-0.39, 0.29) is 27.7 Å². The number of imidazole rings is 1. The molecule has 2 saturated heterocycles. The Morgan fingerprint density at radius 2 is 1.82 bits per heavy atom. The minimum atomic E-state index is -5.51. The van der Waals surface area contributed by atoms with Crippen molar-refractivity contribution in [3.8, 4) is 0 Å². The Hall–Kier alpha value is -2.59. The van der Waals surface area contributed by atoms with Crippen LogP contribution in [0.1, 0.15) is 18.1 Å². The molecule has 5 heterocycles. The van der Waals surface area contributed by atoms with Gasteiger partial charge in [0.1, 0.15) is 42.4 Å². The second-order valence-electron chi connectivity index (χ2n) is 9.61. The van der Waals surface area contributed by atoms with Crippen molar-refractivity contribution in [1.29, 1.82) is 0 Å². The number of phosphoric acid groups is 2. The lowest BCUT2D eigenvalue weighted by Crippen LogP contribution is -2.51. The lowest BCUT2D eigenvalue weighted by atomic mass is 10.1. The topological polar surface area (TPSA) is 301 Å². The third-order valence-corrected chi connectivity index (χ3v) is 9.61. The van der Waals surface area contributed by atoms with Crippen molar-refractivity contribution in [2.24, 2.45) is 5.73 Å². The summed E-state index contributed by atoms with van der Waals surface area (Å²) < 4.78 is 53.1. The zero-order chi connectivity index (χ0) is 32.0. The van der Waals surface area contributed by atoms with Gasteiger partial charge in [0.05, 0.1) is 19.5 Å². The van der Waals surface area contributed by atoms with Gasteiger partial charge in [0.15, 0.2) is 35.0 Å². The summed E-state index contributed by atoms with van der Waals surface area (Å²) in [6.07, 6.45) is -8.32.